The zero-order chi connectivity index (χ0) is 22.2. The summed E-state index contributed by atoms with van der Waals surface area (Å²) in [4.78, 5) is 8.36. The van der Waals surface area contributed by atoms with Crippen molar-refractivity contribution in [2.45, 2.75) is 13.1 Å². The minimum atomic E-state index is -0.215. The molecule has 1 aliphatic heterocycles. The number of ether oxygens (including phenoxy) is 3. The standard InChI is InChI=1S/C23H31FN4O3.HI/c1-25-23(27(2)16-18-6-7-19(29-3)14-22(18)30-4)26-15-17-5-8-21(20(24)13-17)28-9-11-31-12-10-28;/h5-8,13-14H,9-12,15-16H2,1-4H3,(H,25,26);1H. The van der Waals surface area contributed by atoms with Crippen LogP contribution in [0.15, 0.2) is 41.4 Å². The van der Waals surface area contributed by atoms with Crippen molar-refractivity contribution < 1.29 is 18.6 Å². The van der Waals surface area contributed by atoms with Crippen molar-refractivity contribution in [1.29, 1.82) is 0 Å². The number of benzene rings is 2. The summed E-state index contributed by atoms with van der Waals surface area (Å²) in [6, 6.07) is 11.1. The highest BCUT2D eigenvalue weighted by Gasteiger charge is 2.16. The summed E-state index contributed by atoms with van der Waals surface area (Å²) >= 11 is 0. The SMILES string of the molecule is CN=C(NCc1ccc(N2CCOCC2)c(F)c1)N(C)Cc1ccc(OC)cc1OC.I. The van der Waals surface area contributed by atoms with Crippen LogP contribution in [0, 0.1) is 5.82 Å². The third-order valence-corrected chi connectivity index (χ3v) is 5.29. The van der Waals surface area contributed by atoms with Crippen molar-refractivity contribution in [3.05, 3.63) is 53.3 Å². The average molecular weight is 558 g/mol. The van der Waals surface area contributed by atoms with Crippen molar-refractivity contribution in [2.24, 2.45) is 4.99 Å². The lowest BCUT2D eigenvalue weighted by Crippen LogP contribution is -2.38. The summed E-state index contributed by atoms with van der Waals surface area (Å²) < 4.78 is 30.7. The van der Waals surface area contributed by atoms with Gasteiger partial charge in [-0.15, -0.1) is 24.0 Å². The maximum absolute atomic E-state index is 14.7. The maximum atomic E-state index is 14.7. The molecule has 7 nitrogen and oxygen atoms in total. The van der Waals surface area contributed by atoms with E-state index in [2.05, 4.69) is 10.3 Å². The number of nitrogens with one attached hydrogen (secondary N) is 1. The molecular weight excluding hydrogens is 526 g/mol. The Kier molecular flexibility index (Phi) is 10.3. The fourth-order valence-electron chi connectivity index (χ4n) is 3.60. The van der Waals surface area contributed by atoms with E-state index in [4.69, 9.17) is 14.2 Å². The number of hydrogen-bond acceptors (Lipinski definition) is 5. The average Bonchev–Trinajstić information content (AvgIpc) is 2.80. The molecule has 0 saturated carbocycles. The quantitative estimate of drug-likeness (QED) is 0.319. The maximum Gasteiger partial charge on any atom is 0.193 e. The summed E-state index contributed by atoms with van der Waals surface area (Å²) in [7, 11) is 6.94. The molecule has 0 aliphatic carbocycles. The normalized spacial score (nSPS) is 13.9. The van der Waals surface area contributed by atoms with Crippen LogP contribution in [0.2, 0.25) is 0 Å². The van der Waals surface area contributed by atoms with Crippen LogP contribution < -0.4 is 19.7 Å². The largest absolute Gasteiger partial charge is 0.497 e. The fraction of sp³-hybridized carbons (Fsp3) is 0.435. The van der Waals surface area contributed by atoms with Gasteiger partial charge < -0.3 is 29.3 Å². The molecule has 1 aliphatic rings. The molecule has 0 atom stereocenters. The molecular formula is C23H32FIN4O3. The molecule has 2 aromatic carbocycles. The van der Waals surface area contributed by atoms with E-state index >= 15 is 0 Å². The van der Waals surface area contributed by atoms with Gasteiger partial charge in [0.2, 0.25) is 0 Å². The first kappa shape index (κ1) is 26.0. The van der Waals surface area contributed by atoms with Gasteiger partial charge in [-0.25, -0.2) is 4.39 Å². The Bertz CT molecular complexity index is 907. The van der Waals surface area contributed by atoms with E-state index in [-0.39, 0.29) is 29.8 Å². The van der Waals surface area contributed by atoms with Crippen LogP contribution in [0.1, 0.15) is 11.1 Å². The summed E-state index contributed by atoms with van der Waals surface area (Å²) in [6.07, 6.45) is 0. The highest BCUT2D eigenvalue weighted by Crippen LogP contribution is 2.25. The smallest absolute Gasteiger partial charge is 0.193 e. The molecule has 0 amide bonds. The molecule has 176 valence electrons. The van der Waals surface area contributed by atoms with Crippen LogP contribution in [-0.4, -0.2) is 65.5 Å². The van der Waals surface area contributed by atoms with Crippen molar-refractivity contribution in [3.63, 3.8) is 0 Å². The molecule has 0 bridgehead atoms. The van der Waals surface area contributed by atoms with Crippen LogP contribution in [0.3, 0.4) is 0 Å². The first-order chi connectivity index (χ1) is 15.0. The van der Waals surface area contributed by atoms with Crippen molar-refractivity contribution in [1.82, 2.24) is 10.2 Å². The molecule has 1 saturated heterocycles. The number of halogens is 2. The first-order valence-corrected chi connectivity index (χ1v) is 10.3. The predicted molar refractivity (Wildman–Crippen MR) is 136 cm³/mol. The Hall–Kier alpha value is -2.27. The van der Waals surface area contributed by atoms with E-state index in [1.165, 1.54) is 0 Å². The van der Waals surface area contributed by atoms with Crippen molar-refractivity contribution >= 4 is 35.6 Å². The van der Waals surface area contributed by atoms with E-state index in [1.807, 2.05) is 47.2 Å². The van der Waals surface area contributed by atoms with Crippen LogP contribution in [0.25, 0.3) is 0 Å². The van der Waals surface area contributed by atoms with E-state index in [0.717, 1.165) is 22.6 Å². The molecule has 9 heteroatoms. The van der Waals surface area contributed by atoms with Crippen molar-refractivity contribution in [2.75, 3.05) is 59.5 Å². The molecule has 0 aromatic heterocycles. The first-order valence-electron chi connectivity index (χ1n) is 10.3. The Morgan fingerprint density at radius 3 is 2.53 bits per heavy atom. The summed E-state index contributed by atoms with van der Waals surface area (Å²) in [5.41, 5.74) is 2.49. The Morgan fingerprint density at radius 2 is 1.91 bits per heavy atom. The minimum absolute atomic E-state index is 0. The second-order valence-corrected chi connectivity index (χ2v) is 7.32. The Balaban J connectivity index is 0.00000363. The van der Waals surface area contributed by atoms with Crippen LogP contribution in [0.5, 0.6) is 11.5 Å². The number of hydrogen-bond donors (Lipinski definition) is 1. The molecule has 1 heterocycles. The van der Waals surface area contributed by atoms with Gasteiger partial charge in [-0.2, -0.15) is 0 Å². The molecule has 2 aromatic rings. The van der Waals surface area contributed by atoms with E-state index in [9.17, 15) is 4.39 Å². The Labute approximate surface area is 206 Å². The lowest BCUT2D eigenvalue weighted by atomic mass is 10.1. The number of aliphatic imine (C=N–C) groups is 1. The van der Waals surface area contributed by atoms with Gasteiger partial charge in [0.05, 0.1) is 33.1 Å². The number of nitrogens with zero attached hydrogens (tertiary/aromatic N) is 3. The number of morpholine rings is 1. The van der Waals surface area contributed by atoms with Gasteiger partial charge in [0.25, 0.3) is 0 Å². The monoisotopic (exact) mass is 558 g/mol. The van der Waals surface area contributed by atoms with Gasteiger partial charge in [-0.3, -0.25) is 4.99 Å². The lowest BCUT2D eigenvalue weighted by molar-refractivity contribution is 0.122. The lowest BCUT2D eigenvalue weighted by Gasteiger charge is -2.29. The third kappa shape index (κ3) is 6.61. The molecule has 1 N–H and O–H groups in total. The molecule has 32 heavy (non-hydrogen) atoms. The molecule has 0 unspecified atom stereocenters. The Morgan fingerprint density at radius 1 is 1.16 bits per heavy atom. The predicted octanol–water partition coefficient (Wildman–Crippen LogP) is 3.50. The van der Waals surface area contributed by atoms with Gasteiger partial charge in [-0.1, -0.05) is 6.07 Å². The molecule has 0 spiro atoms. The zero-order valence-electron chi connectivity index (χ0n) is 19.1. The van der Waals surface area contributed by atoms with Gasteiger partial charge in [0, 0.05) is 51.9 Å². The molecule has 3 rings (SSSR count). The third-order valence-electron chi connectivity index (χ3n) is 5.29. The summed E-state index contributed by atoms with van der Waals surface area (Å²) in [6.45, 7) is 3.74. The summed E-state index contributed by atoms with van der Waals surface area (Å²) in [5, 5.41) is 3.30. The zero-order valence-corrected chi connectivity index (χ0v) is 21.4. The highest BCUT2D eigenvalue weighted by atomic mass is 127. The second-order valence-electron chi connectivity index (χ2n) is 7.32. The van der Waals surface area contributed by atoms with Gasteiger partial charge >= 0.3 is 0 Å². The highest BCUT2D eigenvalue weighted by molar-refractivity contribution is 14.0. The molecule has 1 fully saturated rings. The van der Waals surface area contributed by atoms with E-state index in [1.54, 1.807) is 27.3 Å². The number of anilines is 1. The summed E-state index contributed by atoms with van der Waals surface area (Å²) in [5.74, 6) is 1.98. The minimum Gasteiger partial charge on any atom is -0.497 e. The van der Waals surface area contributed by atoms with E-state index in [0.29, 0.717) is 51.0 Å². The number of guanidine groups is 1. The number of rotatable bonds is 7. The topological polar surface area (TPSA) is 58.6 Å². The van der Waals surface area contributed by atoms with Gasteiger partial charge in [-0.05, 0) is 29.8 Å². The van der Waals surface area contributed by atoms with E-state index < -0.39 is 0 Å². The fourth-order valence-corrected chi connectivity index (χ4v) is 3.60. The number of methoxy groups -OCH3 is 2. The van der Waals surface area contributed by atoms with Crippen LogP contribution >= 0.6 is 24.0 Å². The van der Waals surface area contributed by atoms with Crippen LogP contribution in [0.4, 0.5) is 10.1 Å². The van der Waals surface area contributed by atoms with Crippen molar-refractivity contribution in [3.8, 4) is 11.5 Å². The van der Waals surface area contributed by atoms with Gasteiger partial charge in [0.15, 0.2) is 5.96 Å². The van der Waals surface area contributed by atoms with Crippen LogP contribution in [-0.2, 0) is 17.8 Å². The van der Waals surface area contributed by atoms with Gasteiger partial charge in [0.1, 0.15) is 17.3 Å². The second kappa shape index (κ2) is 12.7. The molecule has 0 radical (unpaired) electrons.